The van der Waals surface area contributed by atoms with Crippen molar-refractivity contribution in [2.45, 2.75) is 0 Å². The number of para-hydroxylation sites is 2. The lowest BCUT2D eigenvalue weighted by Gasteiger charge is -2.30. The Morgan fingerprint density at radius 2 is 0.796 bits per heavy atom. The van der Waals surface area contributed by atoms with Crippen LogP contribution in [0.5, 0.6) is 0 Å². The lowest BCUT2D eigenvalue weighted by atomic mass is 9.95. The molecule has 1 heterocycles. The maximum atomic E-state index is 6.54. The first-order valence-electron chi connectivity index (χ1n) is 18.4. The molecule has 0 bridgehead atoms. The fourth-order valence-corrected chi connectivity index (χ4v) is 7.86. The molecule has 10 rings (SSSR count). The Labute approximate surface area is 314 Å². The van der Waals surface area contributed by atoms with Crippen LogP contribution >= 0.6 is 0 Å². The van der Waals surface area contributed by atoms with Crippen molar-refractivity contribution in [1.29, 1.82) is 0 Å². The van der Waals surface area contributed by atoms with Crippen molar-refractivity contribution < 1.29 is 4.42 Å². The minimum atomic E-state index is 0.881. The number of benzene rings is 9. The largest absolute Gasteiger partial charge is 0.456 e. The van der Waals surface area contributed by atoms with Gasteiger partial charge in [-0.2, -0.15) is 0 Å². The molecule has 0 N–H and O–H groups in total. The van der Waals surface area contributed by atoms with Gasteiger partial charge in [0.2, 0.25) is 0 Å². The Morgan fingerprint density at radius 3 is 1.46 bits per heavy atom. The highest BCUT2D eigenvalue weighted by molar-refractivity contribution is 6.16. The molecule has 0 aliphatic rings. The molecule has 1 aromatic heterocycles. The van der Waals surface area contributed by atoms with Crippen LogP contribution in [0.3, 0.4) is 0 Å². The second kappa shape index (κ2) is 13.4. The molecule has 0 saturated carbocycles. The zero-order chi connectivity index (χ0) is 35.8. The Kier molecular flexibility index (Phi) is 7.85. The van der Waals surface area contributed by atoms with Gasteiger partial charge in [0, 0.05) is 27.6 Å². The molecule has 10 aromatic rings. The highest BCUT2D eigenvalue weighted by Gasteiger charge is 2.22. The van der Waals surface area contributed by atoms with E-state index in [4.69, 9.17) is 4.42 Å². The third-order valence-electron chi connectivity index (χ3n) is 10.5. The van der Waals surface area contributed by atoms with Gasteiger partial charge >= 0.3 is 0 Å². The van der Waals surface area contributed by atoms with Crippen molar-refractivity contribution in [2.24, 2.45) is 0 Å². The molecule has 2 heteroatoms. The van der Waals surface area contributed by atoms with E-state index < -0.39 is 0 Å². The van der Waals surface area contributed by atoms with Crippen LogP contribution in [0.4, 0.5) is 17.1 Å². The maximum absolute atomic E-state index is 6.54. The Morgan fingerprint density at radius 1 is 0.315 bits per heavy atom. The summed E-state index contributed by atoms with van der Waals surface area (Å²) in [5.41, 5.74) is 14.4. The molecule has 2 nitrogen and oxygen atoms in total. The minimum absolute atomic E-state index is 0.881. The Balaban J connectivity index is 1.15. The number of anilines is 3. The van der Waals surface area contributed by atoms with E-state index in [0.29, 0.717) is 0 Å². The van der Waals surface area contributed by atoms with Gasteiger partial charge in [0.25, 0.3) is 0 Å². The molecule has 0 spiro atoms. The Bertz CT molecular complexity index is 2910. The van der Waals surface area contributed by atoms with Gasteiger partial charge in [0.05, 0.1) is 11.4 Å². The molecule has 0 radical (unpaired) electrons. The van der Waals surface area contributed by atoms with E-state index in [0.717, 1.165) is 55.7 Å². The van der Waals surface area contributed by atoms with Crippen molar-refractivity contribution >= 4 is 49.8 Å². The molecule has 0 amide bonds. The molecule has 9 aromatic carbocycles. The fourth-order valence-electron chi connectivity index (χ4n) is 7.86. The van der Waals surface area contributed by atoms with E-state index in [2.05, 4.69) is 217 Å². The number of furan rings is 1. The predicted molar refractivity (Wildman–Crippen MR) is 228 cm³/mol. The molecule has 0 atom stereocenters. The van der Waals surface area contributed by atoms with E-state index in [1.807, 2.05) is 0 Å². The second-order valence-corrected chi connectivity index (χ2v) is 13.7. The highest BCUT2D eigenvalue weighted by atomic mass is 16.3. The van der Waals surface area contributed by atoms with Crippen LogP contribution in [0.2, 0.25) is 0 Å². The first-order chi connectivity index (χ1) is 26.8. The van der Waals surface area contributed by atoms with Crippen molar-refractivity contribution in [3.8, 4) is 44.5 Å². The van der Waals surface area contributed by atoms with Crippen LogP contribution in [-0.4, -0.2) is 0 Å². The van der Waals surface area contributed by atoms with Gasteiger partial charge in [0.15, 0.2) is 0 Å². The van der Waals surface area contributed by atoms with Gasteiger partial charge in [-0.15, -0.1) is 0 Å². The molecule has 0 fully saturated rings. The quantitative estimate of drug-likeness (QED) is 0.166. The number of fused-ring (bicyclic) bond motifs is 4. The third kappa shape index (κ3) is 5.62. The number of nitrogens with zero attached hydrogens (tertiary/aromatic N) is 1. The van der Waals surface area contributed by atoms with E-state index in [-0.39, 0.29) is 0 Å². The van der Waals surface area contributed by atoms with Crippen molar-refractivity contribution in [2.75, 3.05) is 4.90 Å². The monoisotopic (exact) mass is 689 g/mol. The zero-order valence-corrected chi connectivity index (χ0v) is 29.6. The topological polar surface area (TPSA) is 16.4 Å². The number of rotatable bonds is 7. The predicted octanol–water partition coefficient (Wildman–Crippen LogP) is 14.9. The molecule has 0 saturated heterocycles. The van der Waals surface area contributed by atoms with E-state index in [1.165, 1.54) is 38.6 Å². The summed E-state index contributed by atoms with van der Waals surface area (Å²) in [6.07, 6.45) is 0. The number of hydrogen-bond donors (Lipinski definition) is 0. The van der Waals surface area contributed by atoms with Crippen LogP contribution in [0.15, 0.2) is 217 Å². The van der Waals surface area contributed by atoms with Gasteiger partial charge in [-0.3, -0.25) is 0 Å². The smallest absolute Gasteiger partial charge is 0.136 e. The van der Waals surface area contributed by atoms with Crippen LogP contribution in [-0.2, 0) is 0 Å². The van der Waals surface area contributed by atoms with Crippen LogP contribution in [0.1, 0.15) is 0 Å². The molecular formula is C52H35NO. The van der Waals surface area contributed by atoms with Crippen LogP contribution in [0, 0.1) is 0 Å². The molecule has 54 heavy (non-hydrogen) atoms. The summed E-state index contributed by atoms with van der Waals surface area (Å²) in [5, 5.41) is 4.61. The summed E-state index contributed by atoms with van der Waals surface area (Å²) in [4.78, 5) is 2.41. The molecule has 254 valence electrons. The first-order valence-corrected chi connectivity index (χ1v) is 18.4. The lowest BCUT2D eigenvalue weighted by molar-refractivity contribution is 0.669. The van der Waals surface area contributed by atoms with Gasteiger partial charge in [-0.25, -0.2) is 0 Å². The van der Waals surface area contributed by atoms with E-state index in [1.54, 1.807) is 0 Å². The summed E-state index contributed by atoms with van der Waals surface area (Å²) < 4.78 is 6.54. The van der Waals surface area contributed by atoms with Gasteiger partial charge in [0.1, 0.15) is 11.2 Å². The van der Waals surface area contributed by atoms with E-state index >= 15 is 0 Å². The highest BCUT2D eigenvalue weighted by Crippen LogP contribution is 2.47. The normalized spacial score (nSPS) is 11.3. The third-order valence-corrected chi connectivity index (χ3v) is 10.5. The van der Waals surface area contributed by atoms with Crippen molar-refractivity contribution in [3.05, 3.63) is 212 Å². The summed E-state index contributed by atoms with van der Waals surface area (Å²) in [6.45, 7) is 0. The second-order valence-electron chi connectivity index (χ2n) is 13.7. The molecule has 0 aliphatic carbocycles. The molecule has 0 unspecified atom stereocenters. The molecule has 0 aliphatic heterocycles. The standard InChI is InChI=1S/C52H35NO/c1-3-14-36(15-4-1)37-26-28-38(29-27-37)39-30-32-43(33-31-39)53(48-23-11-9-20-44(48)40-16-5-2-6-17-40)49-24-12-10-21-45(49)46-22-13-25-50-52(46)47-34-41-18-7-8-19-42(41)35-51(47)54-50/h1-35H. The maximum Gasteiger partial charge on any atom is 0.136 e. The van der Waals surface area contributed by atoms with Gasteiger partial charge in [-0.05, 0) is 86.6 Å². The van der Waals surface area contributed by atoms with E-state index in [9.17, 15) is 0 Å². The zero-order valence-electron chi connectivity index (χ0n) is 29.6. The summed E-state index contributed by atoms with van der Waals surface area (Å²) in [6, 6.07) is 75.9. The van der Waals surface area contributed by atoms with Crippen LogP contribution < -0.4 is 4.90 Å². The van der Waals surface area contributed by atoms with Gasteiger partial charge in [-0.1, -0.05) is 170 Å². The SMILES string of the molecule is c1ccc(-c2ccc(-c3ccc(N(c4ccccc4-c4ccccc4)c4ccccc4-c4cccc5oc6cc7ccccc7cc6c45)cc3)cc2)cc1. The molecular weight excluding hydrogens is 655 g/mol. The summed E-state index contributed by atoms with van der Waals surface area (Å²) >= 11 is 0. The van der Waals surface area contributed by atoms with Crippen molar-refractivity contribution in [1.82, 2.24) is 0 Å². The average Bonchev–Trinajstić information content (AvgIpc) is 3.62. The fraction of sp³-hybridized carbons (Fsp3) is 0. The lowest BCUT2D eigenvalue weighted by Crippen LogP contribution is -2.12. The average molecular weight is 690 g/mol. The first kappa shape index (κ1) is 31.6. The van der Waals surface area contributed by atoms with Gasteiger partial charge < -0.3 is 9.32 Å². The number of hydrogen-bond acceptors (Lipinski definition) is 2. The van der Waals surface area contributed by atoms with Crippen molar-refractivity contribution in [3.63, 3.8) is 0 Å². The summed E-state index contributed by atoms with van der Waals surface area (Å²) in [5.74, 6) is 0. The summed E-state index contributed by atoms with van der Waals surface area (Å²) in [7, 11) is 0. The minimum Gasteiger partial charge on any atom is -0.456 e. The Hall–Kier alpha value is -7.16. The van der Waals surface area contributed by atoms with Crippen LogP contribution in [0.25, 0.3) is 77.2 Å².